The first-order valence-corrected chi connectivity index (χ1v) is 11.8. The van der Waals surface area contributed by atoms with Crippen LogP contribution in [0.4, 0.5) is 10.2 Å². The average Bonchev–Trinajstić information content (AvgIpc) is 3.47. The van der Waals surface area contributed by atoms with E-state index in [1.807, 2.05) is 29.8 Å². The van der Waals surface area contributed by atoms with Gasteiger partial charge < -0.3 is 15.2 Å². The zero-order valence-corrected chi connectivity index (χ0v) is 20.6. The lowest BCUT2D eigenvalue weighted by molar-refractivity contribution is -0.120. The van der Waals surface area contributed by atoms with Gasteiger partial charge in [0.05, 0.1) is 24.3 Å². The van der Waals surface area contributed by atoms with Gasteiger partial charge in [0, 0.05) is 39.6 Å². The van der Waals surface area contributed by atoms with Gasteiger partial charge in [0.15, 0.2) is 0 Å². The van der Waals surface area contributed by atoms with Crippen molar-refractivity contribution in [1.82, 2.24) is 19.4 Å². The minimum Gasteiger partial charge on any atom is -0.366 e. The van der Waals surface area contributed by atoms with E-state index in [4.69, 9.17) is 17.3 Å². The lowest BCUT2D eigenvalue weighted by Gasteiger charge is -2.14. The van der Waals surface area contributed by atoms with Crippen molar-refractivity contribution in [2.45, 2.75) is 13.0 Å². The van der Waals surface area contributed by atoms with Gasteiger partial charge in [-0.05, 0) is 56.6 Å². The summed E-state index contributed by atoms with van der Waals surface area (Å²) in [4.78, 5) is 35.1. The van der Waals surface area contributed by atoms with Crippen molar-refractivity contribution < 1.29 is 14.1 Å². The summed E-state index contributed by atoms with van der Waals surface area (Å²) in [6, 6.07) is 11.2. The zero-order valence-electron chi connectivity index (χ0n) is 19.0. The molecule has 0 atom stereocenters. The van der Waals surface area contributed by atoms with Crippen LogP contribution in [0.15, 0.2) is 60.2 Å². The van der Waals surface area contributed by atoms with Crippen molar-refractivity contribution in [1.29, 1.82) is 0 Å². The second-order valence-corrected chi connectivity index (χ2v) is 9.31. The Kier molecular flexibility index (Phi) is 7.25. The van der Waals surface area contributed by atoms with Crippen LogP contribution in [0.25, 0.3) is 16.3 Å². The molecule has 0 aliphatic rings. The number of halogens is 2. The summed E-state index contributed by atoms with van der Waals surface area (Å²) in [6.45, 7) is 0.647. The molecule has 2 aromatic carbocycles. The lowest BCUT2D eigenvalue weighted by Crippen LogP contribution is -2.24. The molecule has 8 nitrogen and oxygen atoms in total. The van der Waals surface area contributed by atoms with Crippen LogP contribution >= 0.6 is 22.9 Å². The van der Waals surface area contributed by atoms with E-state index >= 15 is 0 Å². The summed E-state index contributed by atoms with van der Waals surface area (Å²) in [5, 5.41) is 2.63. The number of primary amides is 1. The molecule has 2 heterocycles. The fraction of sp³-hybridized carbons (Fsp3) is 0.167. The van der Waals surface area contributed by atoms with Crippen molar-refractivity contribution in [3.8, 4) is 16.3 Å². The molecule has 0 aliphatic carbocycles. The number of hydrogen-bond donors (Lipinski definition) is 1. The smallest absolute Gasteiger partial charge is 0.261 e. The number of nitrogens with zero attached hydrogens (tertiary/aromatic N) is 5. The fourth-order valence-electron chi connectivity index (χ4n) is 3.50. The molecule has 4 rings (SSSR count). The summed E-state index contributed by atoms with van der Waals surface area (Å²) in [6.07, 6.45) is 3.28. The number of carbonyl (C=O) groups is 2. The van der Waals surface area contributed by atoms with Crippen LogP contribution in [0.2, 0.25) is 5.02 Å². The van der Waals surface area contributed by atoms with Gasteiger partial charge in [-0.3, -0.25) is 9.59 Å². The fourth-order valence-corrected chi connectivity index (χ4v) is 4.52. The molecule has 11 heteroatoms. The van der Waals surface area contributed by atoms with Crippen LogP contribution in [-0.2, 0) is 17.8 Å². The van der Waals surface area contributed by atoms with Gasteiger partial charge in [-0.2, -0.15) is 0 Å². The molecule has 0 saturated heterocycles. The van der Waals surface area contributed by atoms with E-state index in [0.29, 0.717) is 27.8 Å². The molecular weight excluding hydrogens is 491 g/mol. The summed E-state index contributed by atoms with van der Waals surface area (Å²) >= 11 is 7.27. The Hall–Kier alpha value is -3.60. The average molecular weight is 513 g/mol. The molecule has 0 fully saturated rings. The van der Waals surface area contributed by atoms with Crippen molar-refractivity contribution >= 4 is 40.4 Å². The van der Waals surface area contributed by atoms with Crippen LogP contribution in [-0.4, -0.2) is 45.3 Å². The number of anilines is 1. The molecule has 2 N–H and O–H groups in total. The van der Waals surface area contributed by atoms with Crippen LogP contribution in [0, 0.1) is 0 Å². The molecule has 35 heavy (non-hydrogen) atoms. The number of imidazole rings is 1. The quantitative estimate of drug-likeness (QED) is 0.356. The highest BCUT2D eigenvalue weighted by Crippen LogP contribution is 2.30. The molecule has 0 radical (unpaired) electrons. The van der Waals surface area contributed by atoms with E-state index in [0.717, 1.165) is 11.5 Å². The monoisotopic (exact) mass is 512 g/mol. The summed E-state index contributed by atoms with van der Waals surface area (Å²) in [5.74, 6) is -0.548. The first-order chi connectivity index (χ1) is 16.7. The van der Waals surface area contributed by atoms with E-state index in [1.165, 1.54) is 29.5 Å². The van der Waals surface area contributed by atoms with Gasteiger partial charge in [0.2, 0.25) is 5.91 Å². The molecule has 180 valence electrons. The third kappa shape index (κ3) is 5.56. The summed E-state index contributed by atoms with van der Waals surface area (Å²) < 4.78 is 16.8. The molecule has 2 amide bonds. The number of nitrogens with two attached hydrogens (primary N) is 1. The van der Waals surface area contributed by atoms with Gasteiger partial charge in [0.1, 0.15) is 10.8 Å². The van der Waals surface area contributed by atoms with E-state index in [-0.39, 0.29) is 22.8 Å². The zero-order chi connectivity index (χ0) is 25.1. The number of carbonyl (C=O) groups excluding carboxylic acids is 2. The predicted molar refractivity (Wildman–Crippen MR) is 134 cm³/mol. The minimum absolute atomic E-state index is 0.103. The highest BCUT2D eigenvalue weighted by molar-refractivity contribution is 7.13. The van der Waals surface area contributed by atoms with Gasteiger partial charge in [-0.1, -0.05) is 16.1 Å². The minimum atomic E-state index is -0.772. The SMILES string of the molecule is CN(C)Cc1nccn1-c1ccc(N(F)C(=O)Cc2csc(-c3cc(Cl)ccc3C(N)=O)n2)cc1. The maximum absolute atomic E-state index is 14.8. The van der Waals surface area contributed by atoms with E-state index in [1.54, 1.807) is 35.8 Å². The van der Waals surface area contributed by atoms with Crippen molar-refractivity contribution in [2.24, 2.45) is 5.73 Å². The Bertz CT molecular complexity index is 1370. The van der Waals surface area contributed by atoms with E-state index < -0.39 is 11.8 Å². The normalized spacial score (nSPS) is 11.1. The Labute approximate surface area is 210 Å². The molecule has 0 aliphatic heterocycles. The Morgan fingerprint density at radius 3 is 2.60 bits per heavy atom. The van der Waals surface area contributed by atoms with E-state index in [9.17, 15) is 14.1 Å². The second-order valence-electron chi connectivity index (χ2n) is 8.02. The van der Waals surface area contributed by atoms with Crippen LogP contribution in [0.5, 0.6) is 0 Å². The Morgan fingerprint density at radius 1 is 1.17 bits per heavy atom. The lowest BCUT2D eigenvalue weighted by atomic mass is 10.1. The van der Waals surface area contributed by atoms with Crippen LogP contribution in [0.3, 0.4) is 0 Å². The third-order valence-corrected chi connectivity index (χ3v) is 6.27. The van der Waals surface area contributed by atoms with Crippen molar-refractivity contribution in [3.63, 3.8) is 0 Å². The molecule has 0 saturated carbocycles. The standard InChI is InChI=1S/C24H22ClFN6O2S/c1-30(2)13-21-28-9-10-31(21)17-4-6-18(7-5-17)32(26)22(33)12-16-14-35-24(29-16)20-11-15(25)3-8-19(20)23(27)34/h3-11,14H,12-13H2,1-2H3,(H2,27,34). The number of amides is 2. The number of hydrogen-bond acceptors (Lipinski definition) is 6. The van der Waals surface area contributed by atoms with E-state index in [2.05, 4.69) is 9.97 Å². The third-order valence-electron chi connectivity index (χ3n) is 5.11. The number of aromatic nitrogens is 3. The number of benzene rings is 2. The number of thiazole rings is 1. The topological polar surface area (TPSA) is 97.4 Å². The van der Waals surface area contributed by atoms with Crippen LogP contribution < -0.4 is 10.9 Å². The molecular formula is C24H22ClFN6O2S. The molecule has 0 unspecified atom stereocenters. The Morgan fingerprint density at radius 2 is 1.91 bits per heavy atom. The molecule has 2 aromatic heterocycles. The maximum Gasteiger partial charge on any atom is 0.261 e. The maximum atomic E-state index is 14.8. The largest absolute Gasteiger partial charge is 0.366 e. The van der Waals surface area contributed by atoms with Gasteiger partial charge in [-0.25, -0.2) is 9.97 Å². The first kappa shape index (κ1) is 24.5. The Balaban J connectivity index is 1.47. The van der Waals surface area contributed by atoms with Gasteiger partial charge >= 0.3 is 0 Å². The van der Waals surface area contributed by atoms with Gasteiger partial charge in [-0.15, -0.1) is 16.5 Å². The highest BCUT2D eigenvalue weighted by Gasteiger charge is 2.20. The second kappa shape index (κ2) is 10.3. The van der Waals surface area contributed by atoms with Crippen molar-refractivity contribution in [3.05, 3.63) is 82.3 Å². The first-order valence-electron chi connectivity index (χ1n) is 10.5. The van der Waals surface area contributed by atoms with Gasteiger partial charge in [0.25, 0.3) is 5.91 Å². The summed E-state index contributed by atoms with van der Waals surface area (Å²) in [5.41, 5.74) is 7.46. The van der Waals surface area contributed by atoms with Crippen molar-refractivity contribution in [2.75, 3.05) is 19.2 Å². The summed E-state index contributed by atoms with van der Waals surface area (Å²) in [7, 11) is 3.90. The highest BCUT2D eigenvalue weighted by atomic mass is 35.5. The van der Waals surface area contributed by atoms with Crippen LogP contribution in [0.1, 0.15) is 21.9 Å². The molecule has 0 spiro atoms. The molecule has 4 aromatic rings. The number of rotatable bonds is 8. The predicted octanol–water partition coefficient (Wildman–Crippen LogP) is 4.27. The molecule has 0 bridgehead atoms.